The maximum Gasteiger partial charge on any atom is 0.422 e. The molecule has 2 aromatic heterocycles. The molecule has 2 aliphatic rings. The van der Waals surface area contributed by atoms with Gasteiger partial charge in [-0.15, -0.1) is 0 Å². The first-order chi connectivity index (χ1) is 15.6. The molecule has 8 heteroatoms. The number of hydrogen-bond donors (Lipinski definition) is 0. The van der Waals surface area contributed by atoms with Gasteiger partial charge in [0, 0.05) is 35.5 Å². The van der Waals surface area contributed by atoms with Gasteiger partial charge >= 0.3 is 6.09 Å². The topological polar surface area (TPSA) is 77.3 Å². The molecule has 0 bridgehead atoms. The number of carbonyl (C=O) groups is 2. The molecule has 3 aromatic rings. The van der Waals surface area contributed by atoms with Crippen LogP contribution in [0.1, 0.15) is 31.9 Å². The van der Waals surface area contributed by atoms with E-state index in [-0.39, 0.29) is 30.1 Å². The Bertz CT molecular complexity index is 1180. The van der Waals surface area contributed by atoms with Gasteiger partial charge in [0.25, 0.3) is 0 Å². The highest BCUT2D eigenvalue weighted by Crippen LogP contribution is 2.39. The smallest absolute Gasteiger partial charge is 0.422 e. The predicted octanol–water partition coefficient (Wildman–Crippen LogP) is 4.60. The highest BCUT2D eigenvalue weighted by molar-refractivity contribution is 6.13. The largest absolute Gasteiger partial charge is 0.449 e. The average molecular weight is 434 g/mol. The maximum absolute atomic E-state index is 13.5. The van der Waals surface area contributed by atoms with Crippen molar-refractivity contribution in [3.8, 4) is 22.4 Å². The van der Waals surface area contributed by atoms with Crippen LogP contribution in [0.4, 0.5) is 15.0 Å². The minimum atomic E-state index is -0.715. The summed E-state index contributed by atoms with van der Waals surface area (Å²) < 4.78 is 20.6. The van der Waals surface area contributed by atoms with Gasteiger partial charge < -0.3 is 4.74 Å². The lowest BCUT2D eigenvalue weighted by Crippen LogP contribution is -2.39. The lowest BCUT2D eigenvalue weighted by atomic mass is 9.98. The highest BCUT2D eigenvalue weighted by Gasteiger charge is 2.38. The molecule has 2 amide bonds. The van der Waals surface area contributed by atoms with Crippen LogP contribution >= 0.6 is 0 Å². The van der Waals surface area contributed by atoms with Gasteiger partial charge in [-0.25, -0.2) is 14.2 Å². The molecule has 164 valence electrons. The van der Waals surface area contributed by atoms with Crippen LogP contribution in [0.25, 0.3) is 22.4 Å². The first-order valence-corrected chi connectivity index (χ1v) is 10.9. The Kier molecular flexibility index (Phi) is 5.20. The maximum atomic E-state index is 13.5. The Morgan fingerprint density at radius 1 is 1.19 bits per heavy atom. The molecule has 3 heterocycles. The van der Waals surface area contributed by atoms with Gasteiger partial charge in [-0.2, -0.15) is 10.00 Å². The molecular weight excluding hydrogens is 411 g/mol. The van der Waals surface area contributed by atoms with Gasteiger partial charge in [0.05, 0.1) is 6.61 Å². The van der Waals surface area contributed by atoms with Crippen molar-refractivity contribution in [2.24, 2.45) is 5.92 Å². The Hall–Kier alpha value is -3.55. The summed E-state index contributed by atoms with van der Waals surface area (Å²) in [4.78, 5) is 30.8. The van der Waals surface area contributed by atoms with Crippen LogP contribution in [0, 0.1) is 11.7 Å². The summed E-state index contributed by atoms with van der Waals surface area (Å²) >= 11 is 0. The van der Waals surface area contributed by atoms with Crippen LogP contribution in [-0.2, 0) is 22.5 Å². The summed E-state index contributed by atoms with van der Waals surface area (Å²) in [6.45, 7) is 2.68. The monoisotopic (exact) mass is 434 g/mol. The van der Waals surface area contributed by atoms with Crippen molar-refractivity contribution < 1.29 is 18.7 Å². The zero-order chi connectivity index (χ0) is 22.2. The first-order valence-electron chi connectivity index (χ1n) is 10.9. The molecule has 0 saturated heterocycles. The van der Waals surface area contributed by atoms with E-state index in [2.05, 4.69) is 4.98 Å². The number of anilines is 1. The fourth-order valence-corrected chi connectivity index (χ4v) is 4.14. The van der Waals surface area contributed by atoms with Gasteiger partial charge in [-0.3, -0.25) is 9.48 Å². The third-order valence-electron chi connectivity index (χ3n) is 5.82. The fourth-order valence-electron chi connectivity index (χ4n) is 4.14. The summed E-state index contributed by atoms with van der Waals surface area (Å²) in [6, 6.07) is 9.83. The molecule has 1 fully saturated rings. The number of amides is 2. The van der Waals surface area contributed by atoms with Gasteiger partial charge in [0.15, 0.2) is 0 Å². The SMILES string of the molecule is CCOC(=O)N(C(=O)C1CC1)c1cc(-c2c(-c3ccc(F)cc3)nn3c2CCC3)ccn1. The summed E-state index contributed by atoms with van der Waals surface area (Å²) in [7, 11) is 0. The molecule has 1 aliphatic carbocycles. The Labute approximate surface area is 184 Å². The van der Waals surface area contributed by atoms with Crippen molar-refractivity contribution >= 4 is 17.8 Å². The minimum Gasteiger partial charge on any atom is -0.449 e. The standard InChI is InChI=1S/C24H23FN4O3/c1-2-32-24(31)29(23(30)16-5-6-16)20-14-17(11-12-26-20)21-19-4-3-13-28(19)27-22(21)15-7-9-18(25)10-8-15/h7-12,14,16H,2-6,13H2,1H3. The van der Waals surface area contributed by atoms with Gasteiger partial charge in [0.1, 0.15) is 17.3 Å². The molecule has 0 radical (unpaired) electrons. The number of benzene rings is 1. The molecule has 5 rings (SSSR count). The van der Waals surface area contributed by atoms with Crippen molar-refractivity contribution in [1.29, 1.82) is 0 Å². The second-order valence-corrected chi connectivity index (χ2v) is 8.05. The van der Waals surface area contributed by atoms with E-state index in [1.165, 1.54) is 12.1 Å². The van der Waals surface area contributed by atoms with E-state index < -0.39 is 6.09 Å². The van der Waals surface area contributed by atoms with Crippen molar-refractivity contribution in [3.05, 3.63) is 54.1 Å². The second kappa shape index (κ2) is 8.18. The lowest BCUT2D eigenvalue weighted by Gasteiger charge is -2.19. The van der Waals surface area contributed by atoms with E-state index in [1.54, 1.807) is 31.3 Å². The van der Waals surface area contributed by atoms with E-state index in [1.807, 2.05) is 10.7 Å². The summed E-state index contributed by atoms with van der Waals surface area (Å²) in [5.74, 6) is -0.523. The Morgan fingerprint density at radius 3 is 2.69 bits per heavy atom. The Balaban J connectivity index is 1.61. The number of aryl methyl sites for hydroxylation is 1. The number of hydrogen-bond acceptors (Lipinski definition) is 5. The number of fused-ring (bicyclic) bond motifs is 1. The van der Waals surface area contributed by atoms with E-state index in [4.69, 9.17) is 9.84 Å². The molecular formula is C24H23FN4O3. The molecule has 1 aliphatic heterocycles. The lowest BCUT2D eigenvalue weighted by molar-refractivity contribution is -0.119. The number of rotatable bonds is 5. The number of aromatic nitrogens is 3. The summed E-state index contributed by atoms with van der Waals surface area (Å²) in [5, 5.41) is 4.78. The fraction of sp³-hybridized carbons (Fsp3) is 0.333. The summed E-state index contributed by atoms with van der Waals surface area (Å²) in [5.41, 5.74) is 4.35. The highest BCUT2D eigenvalue weighted by atomic mass is 19.1. The van der Waals surface area contributed by atoms with Crippen molar-refractivity contribution in [3.63, 3.8) is 0 Å². The third-order valence-corrected chi connectivity index (χ3v) is 5.82. The van der Waals surface area contributed by atoms with Crippen LogP contribution < -0.4 is 4.90 Å². The van der Waals surface area contributed by atoms with Gasteiger partial charge in [0.2, 0.25) is 5.91 Å². The van der Waals surface area contributed by atoms with Crippen LogP contribution in [0.5, 0.6) is 0 Å². The van der Waals surface area contributed by atoms with Crippen LogP contribution in [0.3, 0.4) is 0 Å². The molecule has 1 aromatic carbocycles. The van der Waals surface area contributed by atoms with E-state index in [9.17, 15) is 14.0 Å². The number of halogens is 1. The molecule has 0 atom stereocenters. The van der Waals surface area contributed by atoms with E-state index >= 15 is 0 Å². The minimum absolute atomic E-state index is 0.165. The van der Waals surface area contributed by atoms with Crippen LogP contribution in [-0.4, -0.2) is 33.4 Å². The molecule has 7 nitrogen and oxygen atoms in total. The van der Waals surface area contributed by atoms with Gasteiger partial charge in [-0.1, -0.05) is 0 Å². The second-order valence-electron chi connectivity index (χ2n) is 8.05. The third kappa shape index (κ3) is 3.66. The molecule has 0 unspecified atom stereocenters. The number of ether oxygens (including phenoxy) is 1. The quantitative estimate of drug-likeness (QED) is 0.587. The number of pyridine rings is 1. The molecule has 0 spiro atoms. The summed E-state index contributed by atoms with van der Waals surface area (Å²) in [6.07, 6.45) is 4.26. The Morgan fingerprint density at radius 2 is 1.97 bits per heavy atom. The number of nitrogens with zero attached hydrogens (tertiary/aromatic N) is 4. The van der Waals surface area contributed by atoms with E-state index in [0.717, 1.165) is 65.2 Å². The van der Waals surface area contributed by atoms with E-state index in [0.29, 0.717) is 0 Å². The molecule has 0 N–H and O–H groups in total. The average Bonchev–Trinajstić information content (AvgIpc) is 3.44. The zero-order valence-electron chi connectivity index (χ0n) is 17.8. The number of carbonyl (C=O) groups excluding carboxylic acids is 2. The normalized spacial score (nSPS) is 14.8. The zero-order valence-corrected chi connectivity index (χ0v) is 17.8. The van der Waals surface area contributed by atoms with Crippen LogP contribution in [0.2, 0.25) is 0 Å². The number of imide groups is 1. The van der Waals surface area contributed by atoms with Crippen molar-refractivity contribution in [1.82, 2.24) is 14.8 Å². The van der Waals surface area contributed by atoms with Crippen molar-refractivity contribution in [2.45, 2.75) is 39.2 Å². The first kappa shape index (κ1) is 20.4. The van der Waals surface area contributed by atoms with Crippen molar-refractivity contribution in [2.75, 3.05) is 11.5 Å². The predicted molar refractivity (Wildman–Crippen MR) is 116 cm³/mol. The van der Waals surface area contributed by atoms with Gasteiger partial charge in [-0.05, 0) is 74.6 Å². The van der Waals surface area contributed by atoms with Crippen LogP contribution in [0.15, 0.2) is 42.6 Å². The molecule has 1 saturated carbocycles. The molecule has 32 heavy (non-hydrogen) atoms.